The molecular weight excluding hydrogens is 264 g/mol. The van der Waals surface area contributed by atoms with Crippen LogP contribution in [0.5, 0.6) is 0 Å². The van der Waals surface area contributed by atoms with Gasteiger partial charge >= 0.3 is 0 Å². The van der Waals surface area contributed by atoms with Gasteiger partial charge in [-0.25, -0.2) is 0 Å². The van der Waals surface area contributed by atoms with Crippen molar-refractivity contribution in [3.63, 3.8) is 0 Å². The molecule has 1 N–H and O–H groups in total. The fourth-order valence-corrected chi connectivity index (χ4v) is 2.80. The topological polar surface area (TPSA) is 49.4 Å². The second kappa shape index (κ2) is 6.29. The van der Waals surface area contributed by atoms with Crippen LogP contribution < -0.4 is 10.2 Å². The molecule has 2 rings (SSSR count). The number of benzene rings is 1. The number of hydrogen-bond acceptors (Lipinski definition) is 2. The molecule has 0 aromatic heterocycles. The van der Waals surface area contributed by atoms with Crippen molar-refractivity contribution in [1.82, 2.24) is 5.32 Å². The van der Waals surface area contributed by atoms with Gasteiger partial charge in [-0.05, 0) is 49.9 Å². The molecule has 21 heavy (non-hydrogen) atoms. The minimum absolute atomic E-state index is 0.00607. The van der Waals surface area contributed by atoms with Crippen LogP contribution in [0.1, 0.15) is 44.2 Å². The van der Waals surface area contributed by atoms with Gasteiger partial charge in [0.1, 0.15) is 12.1 Å². The summed E-state index contributed by atoms with van der Waals surface area (Å²) in [4.78, 5) is 26.7. The number of piperazine rings is 1. The van der Waals surface area contributed by atoms with E-state index in [-0.39, 0.29) is 11.8 Å². The Morgan fingerprint density at radius 1 is 1.14 bits per heavy atom. The van der Waals surface area contributed by atoms with Crippen LogP contribution in [-0.4, -0.2) is 23.9 Å². The third-order valence-corrected chi connectivity index (χ3v) is 4.20. The van der Waals surface area contributed by atoms with Crippen LogP contribution in [0.3, 0.4) is 0 Å². The quantitative estimate of drug-likeness (QED) is 0.926. The Hall–Kier alpha value is -1.84. The molecule has 0 radical (unpaired) electrons. The fraction of sp³-hybridized carbons (Fsp3) is 0.529. The van der Waals surface area contributed by atoms with E-state index in [4.69, 9.17) is 0 Å². The van der Waals surface area contributed by atoms with Gasteiger partial charge in [0.2, 0.25) is 11.8 Å². The SMILES string of the molecule is CCCC1NC(=O)C(CC)N(c2ccc(C)c(C)c2)C1=O. The van der Waals surface area contributed by atoms with E-state index in [9.17, 15) is 9.59 Å². The highest BCUT2D eigenvalue weighted by Gasteiger charge is 2.39. The molecule has 4 heteroatoms. The zero-order valence-corrected chi connectivity index (χ0v) is 13.3. The molecule has 1 heterocycles. The summed E-state index contributed by atoms with van der Waals surface area (Å²) in [6.07, 6.45) is 2.17. The van der Waals surface area contributed by atoms with Gasteiger partial charge in [-0.15, -0.1) is 0 Å². The molecule has 1 fully saturated rings. The number of carbonyl (C=O) groups is 2. The van der Waals surface area contributed by atoms with Crippen LogP contribution in [0.4, 0.5) is 5.69 Å². The highest BCUT2D eigenvalue weighted by atomic mass is 16.2. The molecule has 4 nitrogen and oxygen atoms in total. The fourth-order valence-electron chi connectivity index (χ4n) is 2.80. The lowest BCUT2D eigenvalue weighted by atomic mass is 10.00. The van der Waals surface area contributed by atoms with Gasteiger partial charge in [-0.1, -0.05) is 26.3 Å². The number of nitrogens with zero attached hydrogens (tertiary/aromatic N) is 1. The van der Waals surface area contributed by atoms with Crippen molar-refractivity contribution in [3.8, 4) is 0 Å². The molecule has 0 spiro atoms. The Morgan fingerprint density at radius 2 is 1.86 bits per heavy atom. The summed E-state index contributed by atoms with van der Waals surface area (Å²) in [6, 6.07) is 5.13. The van der Waals surface area contributed by atoms with Crippen molar-refractivity contribution in [1.29, 1.82) is 0 Å². The Balaban J connectivity index is 2.41. The zero-order valence-electron chi connectivity index (χ0n) is 13.3. The standard InChI is InChI=1S/C17H24N2O2/c1-5-7-14-17(21)19(15(6-2)16(20)18-14)13-9-8-11(3)12(4)10-13/h8-10,14-15H,5-7H2,1-4H3,(H,18,20). The highest BCUT2D eigenvalue weighted by molar-refractivity contribution is 6.08. The summed E-state index contributed by atoms with van der Waals surface area (Å²) >= 11 is 0. The Labute approximate surface area is 126 Å². The van der Waals surface area contributed by atoms with E-state index in [1.807, 2.05) is 45.9 Å². The van der Waals surface area contributed by atoms with Gasteiger partial charge < -0.3 is 5.32 Å². The average molecular weight is 288 g/mol. The molecule has 2 unspecified atom stereocenters. The minimum atomic E-state index is -0.410. The first-order chi connectivity index (χ1) is 9.99. The molecule has 2 amide bonds. The van der Waals surface area contributed by atoms with Crippen molar-refractivity contribution in [3.05, 3.63) is 29.3 Å². The second-order valence-corrected chi connectivity index (χ2v) is 5.75. The lowest BCUT2D eigenvalue weighted by molar-refractivity contribution is -0.134. The molecular formula is C17H24N2O2. The van der Waals surface area contributed by atoms with E-state index in [0.29, 0.717) is 12.8 Å². The maximum absolute atomic E-state index is 12.7. The van der Waals surface area contributed by atoms with Gasteiger partial charge in [-0.3, -0.25) is 14.5 Å². The average Bonchev–Trinajstić information content (AvgIpc) is 2.45. The first kappa shape index (κ1) is 15.5. The summed E-state index contributed by atoms with van der Waals surface area (Å²) in [5.74, 6) is -0.0414. The molecule has 2 atom stereocenters. The van der Waals surface area contributed by atoms with Gasteiger partial charge in [0.05, 0.1) is 0 Å². The molecule has 1 aliphatic heterocycles. The predicted octanol–water partition coefficient (Wildman–Crippen LogP) is 2.71. The molecule has 114 valence electrons. The molecule has 0 saturated carbocycles. The summed E-state index contributed by atoms with van der Waals surface area (Å²) in [5.41, 5.74) is 3.14. The minimum Gasteiger partial charge on any atom is -0.342 e. The predicted molar refractivity (Wildman–Crippen MR) is 84.3 cm³/mol. The van der Waals surface area contributed by atoms with Crippen LogP contribution >= 0.6 is 0 Å². The van der Waals surface area contributed by atoms with E-state index in [2.05, 4.69) is 5.32 Å². The smallest absolute Gasteiger partial charge is 0.250 e. The van der Waals surface area contributed by atoms with E-state index in [0.717, 1.165) is 17.7 Å². The number of hydrogen-bond donors (Lipinski definition) is 1. The Morgan fingerprint density at radius 3 is 2.43 bits per heavy atom. The molecule has 1 aliphatic rings. The molecule has 1 aromatic rings. The Bertz CT molecular complexity index is 554. The highest BCUT2D eigenvalue weighted by Crippen LogP contribution is 2.26. The van der Waals surface area contributed by atoms with E-state index in [1.54, 1.807) is 4.90 Å². The van der Waals surface area contributed by atoms with Crippen molar-refractivity contribution in [2.75, 3.05) is 4.90 Å². The van der Waals surface area contributed by atoms with Gasteiger partial charge in [0.25, 0.3) is 0 Å². The summed E-state index contributed by atoms with van der Waals surface area (Å²) in [7, 11) is 0. The maximum atomic E-state index is 12.7. The number of nitrogens with one attached hydrogen (secondary N) is 1. The third kappa shape index (κ3) is 2.94. The monoisotopic (exact) mass is 288 g/mol. The van der Waals surface area contributed by atoms with E-state index in [1.165, 1.54) is 5.56 Å². The van der Waals surface area contributed by atoms with Gasteiger partial charge in [0, 0.05) is 5.69 Å². The normalized spacial score (nSPS) is 22.4. The number of carbonyl (C=O) groups excluding carboxylic acids is 2. The lowest BCUT2D eigenvalue weighted by Crippen LogP contribution is -2.63. The van der Waals surface area contributed by atoms with Crippen molar-refractivity contribution < 1.29 is 9.59 Å². The lowest BCUT2D eigenvalue weighted by Gasteiger charge is -2.38. The second-order valence-electron chi connectivity index (χ2n) is 5.75. The van der Waals surface area contributed by atoms with Crippen molar-refractivity contribution in [2.24, 2.45) is 0 Å². The third-order valence-electron chi connectivity index (χ3n) is 4.20. The summed E-state index contributed by atoms with van der Waals surface area (Å²) in [6.45, 7) is 8.02. The van der Waals surface area contributed by atoms with Crippen LogP contribution in [0, 0.1) is 13.8 Å². The number of anilines is 1. The maximum Gasteiger partial charge on any atom is 0.250 e. The van der Waals surface area contributed by atoms with Crippen LogP contribution in [0.2, 0.25) is 0 Å². The van der Waals surface area contributed by atoms with Crippen molar-refractivity contribution >= 4 is 17.5 Å². The number of rotatable bonds is 4. The number of amides is 2. The van der Waals surface area contributed by atoms with Gasteiger partial charge in [0.15, 0.2) is 0 Å². The molecule has 0 aliphatic carbocycles. The number of aryl methyl sites for hydroxylation is 2. The molecule has 0 bridgehead atoms. The van der Waals surface area contributed by atoms with Gasteiger partial charge in [-0.2, -0.15) is 0 Å². The zero-order chi connectivity index (χ0) is 15.6. The van der Waals surface area contributed by atoms with E-state index < -0.39 is 12.1 Å². The first-order valence-corrected chi connectivity index (χ1v) is 7.70. The van der Waals surface area contributed by atoms with E-state index >= 15 is 0 Å². The van der Waals surface area contributed by atoms with Crippen LogP contribution in [-0.2, 0) is 9.59 Å². The van der Waals surface area contributed by atoms with Crippen LogP contribution in [0.25, 0.3) is 0 Å². The van der Waals surface area contributed by atoms with Crippen LogP contribution in [0.15, 0.2) is 18.2 Å². The largest absolute Gasteiger partial charge is 0.342 e. The molecule has 1 aromatic carbocycles. The molecule has 1 saturated heterocycles. The van der Waals surface area contributed by atoms with Crippen molar-refractivity contribution in [2.45, 2.75) is 59.0 Å². The first-order valence-electron chi connectivity index (χ1n) is 7.70. The summed E-state index contributed by atoms with van der Waals surface area (Å²) in [5, 5.41) is 2.86. The Kier molecular flexibility index (Phi) is 4.66. The summed E-state index contributed by atoms with van der Waals surface area (Å²) < 4.78 is 0.